The second-order valence-corrected chi connectivity index (χ2v) is 8.55. The zero-order chi connectivity index (χ0) is 20.9. The molecule has 10 heteroatoms. The molecular weight excluding hydrogens is 406 g/mol. The van der Waals surface area contributed by atoms with Crippen LogP contribution in [0.5, 0.6) is 0 Å². The Morgan fingerprint density at radius 2 is 1.86 bits per heavy atom. The highest BCUT2D eigenvalue weighted by Crippen LogP contribution is 2.30. The SMILES string of the molecule is CCN(CC(=O)NCc1ccc(Cl)cc1)c1ccc(S(C)(=O)=O)cc1[N+](=O)[O-]. The van der Waals surface area contributed by atoms with Gasteiger partial charge < -0.3 is 10.2 Å². The van der Waals surface area contributed by atoms with E-state index in [0.29, 0.717) is 18.1 Å². The van der Waals surface area contributed by atoms with Crippen LogP contribution in [0.4, 0.5) is 11.4 Å². The summed E-state index contributed by atoms with van der Waals surface area (Å²) in [7, 11) is -3.59. The lowest BCUT2D eigenvalue weighted by molar-refractivity contribution is -0.384. The van der Waals surface area contributed by atoms with Crippen molar-refractivity contribution in [2.45, 2.75) is 18.4 Å². The number of nitro benzene ring substituents is 1. The van der Waals surface area contributed by atoms with Crippen LogP contribution in [0.15, 0.2) is 47.4 Å². The van der Waals surface area contributed by atoms with Gasteiger partial charge >= 0.3 is 0 Å². The number of hydrogen-bond acceptors (Lipinski definition) is 6. The van der Waals surface area contributed by atoms with Gasteiger partial charge in [-0.25, -0.2) is 8.42 Å². The zero-order valence-corrected chi connectivity index (χ0v) is 17.0. The zero-order valence-electron chi connectivity index (χ0n) is 15.4. The van der Waals surface area contributed by atoms with Gasteiger partial charge in [-0.05, 0) is 36.8 Å². The molecule has 1 amide bonds. The van der Waals surface area contributed by atoms with E-state index >= 15 is 0 Å². The third-order valence-corrected chi connectivity index (χ3v) is 5.39. The molecule has 0 saturated carbocycles. The van der Waals surface area contributed by atoms with E-state index in [1.54, 1.807) is 31.2 Å². The van der Waals surface area contributed by atoms with E-state index in [-0.39, 0.29) is 28.7 Å². The number of benzene rings is 2. The summed E-state index contributed by atoms with van der Waals surface area (Å²) in [4.78, 5) is 24.4. The number of anilines is 1. The van der Waals surface area contributed by atoms with Crippen molar-refractivity contribution in [3.8, 4) is 0 Å². The third-order valence-electron chi connectivity index (χ3n) is 4.03. The van der Waals surface area contributed by atoms with Crippen molar-refractivity contribution >= 4 is 38.7 Å². The molecule has 1 N–H and O–H groups in total. The minimum absolute atomic E-state index is 0.108. The fraction of sp³-hybridized carbons (Fsp3) is 0.278. The van der Waals surface area contributed by atoms with E-state index in [4.69, 9.17) is 11.6 Å². The molecule has 8 nitrogen and oxygen atoms in total. The topological polar surface area (TPSA) is 110 Å². The van der Waals surface area contributed by atoms with E-state index in [1.165, 1.54) is 17.0 Å². The lowest BCUT2D eigenvalue weighted by Crippen LogP contribution is -2.37. The fourth-order valence-corrected chi connectivity index (χ4v) is 3.31. The molecule has 0 atom stereocenters. The predicted molar refractivity (Wildman–Crippen MR) is 107 cm³/mol. The standard InChI is InChI=1S/C18H20ClN3O5S/c1-3-21(12-18(23)20-11-13-4-6-14(19)7-5-13)16-9-8-15(28(2,26)27)10-17(16)22(24)25/h4-10H,3,11-12H2,1-2H3,(H,20,23). The van der Waals surface area contributed by atoms with Gasteiger partial charge in [-0.2, -0.15) is 0 Å². The number of nitrogens with zero attached hydrogens (tertiary/aromatic N) is 2. The smallest absolute Gasteiger partial charge is 0.293 e. The Balaban J connectivity index is 2.16. The van der Waals surface area contributed by atoms with Crippen LogP contribution in [0.2, 0.25) is 5.02 Å². The number of carbonyl (C=O) groups excluding carboxylic acids is 1. The van der Waals surface area contributed by atoms with Gasteiger partial charge in [-0.15, -0.1) is 0 Å². The molecule has 0 aliphatic carbocycles. The second kappa shape index (κ2) is 9.03. The maximum Gasteiger partial charge on any atom is 0.293 e. The second-order valence-electron chi connectivity index (χ2n) is 6.10. The van der Waals surface area contributed by atoms with Crippen molar-refractivity contribution in [3.63, 3.8) is 0 Å². The highest BCUT2D eigenvalue weighted by Gasteiger charge is 2.23. The van der Waals surface area contributed by atoms with E-state index < -0.39 is 14.8 Å². The molecule has 2 rings (SSSR count). The van der Waals surface area contributed by atoms with E-state index in [2.05, 4.69) is 5.32 Å². The first kappa shape index (κ1) is 21.6. The number of likely N-dealkylation sites (N-methyl/N-ethyl adjacent to an activating group) is 1. The van der Waals surface area contributed by atoms with E-state index in [0.717, 1.165) is 17.9 Å². The first-order chi connectivity index (χ1) is 13.1. The van der Waals surface area contributed by atoms with Crippen molar-refractivity contribution in [2.75, 3.05) is 24.2 Å². The summed E-state index contributed by atoms with van der Waals surface area (Å²) in [5.41, 5.74) is 0.682. The molecule has 150 valence electrons. The van der Waals surface area contributed by atoms with Crippen LogP contribution in [0, 0.1) is 10.1 Å². The molecule has 0 radical (unpaired) electrons. The molecule has 0 unspecified atom stereocenters. The van der Waals surface area contributed by atoms with Crippen molar-refractivity contribution in [2.24, 2.45) is 0 Å². The minimum Gasteiger partial charge on any atom is -0.357 e. The van der Waals surface area contributed by atoms with Crippen LogP contribution in [0.25, 0.3) is 0 Å². The molecule has 0 aromatic heterocycles. The van der Waals surface area contributed by atoms with Gasteiger partial charge in [0.25, 0.3) is 5.69 Å². The Labute approximate surface area is 168 Å². The van der Waals surface area contributed by atoms with Crippen molar-refractivity contribution in [1.82, 2.24) is 5.32 Å². The Kier molecular flexibility index (Phi) is 6.98. The highest BCUT2D eigenvalue weighted by molar-refractivity contribution is 7.90. The summed E-state index contributed by atoms with van der Waals surface area (Å²) in [6.07, 6.45) is 0.980. The first-order valence-electron chi connectivity index (χ1n) is 8.36. The maximum absolute atomic E-state index is 12.3. The number of carbonyl (C=O) groups is 1. The van der Waals surface area contributed by atoms with Crippen LogP contribution in [0.1, 0.15) is 12.5 Å². The lowest BCUT2D eigenvalue weighted by Gasteiger charge is -2.22. The van der Waals surface area contributed by atoms with Gasteiger partial charge in [-0.1, -0.05) is 23.7 Å². The van der Waals surface area contributed by atoms with Gasteiger partial charge in [0.05, 0.1) is 16.4 Å². The minimum atomic E-state index is -3.59. The third kappa shape index (κ3) is 5.67. The molecule has 2 aromatic carbocycles. The predicted octanol–water partition coefficient (Wildman–Crippen LogP) is 2.79. The average Bonchev–Trinajstić information content (AvgIpc) is 2.64. The number of halogens is 1. The summed E-state index contributed by atoms with van der Waals surface area (Å²) in [5.74, 6) is -0.321. The van der Waals surface area contributed by atoms with E-state index in [1.807, 2.05) is 0 Å². The van der Waals surface area contributed by atoms with Crippen molar-refractivity contribution < 1.29 is 18.1 Å². The Bertz CT molecular complexity index is 977. The van der Waals surface area contributed by atoms with Gasteiger partial charge in [0, 0.05) is 30.4 Å². The summed E-state index contributed by atoms with van der Waals surface area (Å²) in [6.45, 7) is 2.26. The number of hydrogen-bond donors (Lipinski definition) is 1. The normalized spacial score (nSPS) is 11.1. The van der Waals surface area contributed by atoms with Crippen LogP contribution >= 0.6 is 11.6 Å². The van der Waals surface area contributed by atoms with Gasteiger partial charge in [-0.3, -0.25) is 14.9 Å². The Hall–Kier alpha value is -2.65. The van der Waals surface area contributed by atoms with Crippen LogP contribution in [-0.2, 0) is 21.2 Å². The van der Waals surface area contributed by atoms with E-state index in [9.17, 15) is 23.3 Å². The molecule has 28 heavy (non-hydrogen) atoms. The van der Waals surface area contributed by atoms with Gasteiger partial charge in [0.1, 0.15) is 5.69 Å². The summed E-state index contributed by atoms with van der Waals surface area (Å²) in [6, 6.07) is 10.7. The highest BCUT2D eigenvalue weighted by atomic mass is 35.5. The van der Waals surface area contributed by atoms with Crippen LogP contribution < -0.4 is 10.2 Å². The first-order valence-corrected chi connectivity index (χ1v) is 10.6. The molecule has 0 bridgehead atoms. The number of rotatable bonds is 8. The van der Waals surface area contributed by atoms with Gasteiger partial charge in [0.15, 0.2) is 9.84 Å². The van der Waals surface area contributed by atoms with Crippen LogP contribution in [0.3, 0.4) is 0 Å². The molecule has 0 saturated heterocycles. The number of amides is 1. The summed E-state index contributed by atoms with van der Waals surface area (Å²) >= 11 is 5.82. The maximum atomic E-state index is 12.3. The average molecular weight is 426 g/mol. The molecule has 0 fully saturated rings. The monoisotopic (exact) mass is 425 g/mol. The molecule has 0 spiro atoms. The number of nitro groups is 1. The lowest BCUT2D eigenvalue weighted by atomic mass is 10.2. The van der Waals surface area contributed by atoms with Crippen molar-refractivity contribution in [3.05, 3.63) is 63.2 Å². The molecule has 0 heterocycles. The van der Waals surface area contributed by atoms with Crippen molar-refractivity contribution in [1.29, 1.82) is 0 Å². The summed E-state index contributed by atoms with van der Waals surface area (Å²) < 4.78 is 23.3. The Morgan fingerprint density at radius 1 is 1.21 bits per heavy atom. The Morgan fingerprint density at radius 3 is 2.39 bits per heavy atom. The van der Waals surface area contributed by atoms with Crippen LogP contribution in [-0.4, -0.2) is 38.6 Å². The largest absolute Gasteiger partial charge is 0.357 e. The molecule has 2 aromatic rings. The number of sulfone groups is 1. The fourth-order valence-electron chi connectivity index (χ4n) is 2.55. The molecular formula is C18H20ClN3O5S. The quantitative estimate of drug-likeness (QED) is 0.514. The van der Waals surface area contributed by atoms with Gasteiger partial charge in [0.2, 0.25) is 5.91 Å². The summed E-state index contributed by atoms with van der Waals surface area (Å²) in [5, 5.41) is 14.8. The molecule has 0 aliphatic rings. The molecule has 0 aliphatic heterocycles. The number of nitrogens with one attached hydrogen (secondary N) is 1.